The van der Waals surface area contributed by atoms with E-state index in [1.54, 1.807) is 6.33 Å². The number of para-hydroxylation sites is 1. The Morgan fingerprint density at radius 1 is 0.929 bits per heavy atom. The Kier molecular flexibility index (Phi) is 4.47. The summed E-state index contributed by atoms with van der Waals surface area (Å²) in [5, 5.41) is 1.11. The molecule has 1 unspecified atom stereocenters. The smallest absolute Gasteiger partial charge is 0.171 e. The van der Waals surface area contributed by atoms with E-state index in [9.17, 15) is 0 Å². The molecule has 3 aromatic rings. The number of rotatable bonds is 4. The Bertz CT molecular complexity index is 986. The molecule has 0 saturated carbocycles. The molecule has 5 rings (SSSR count). The molecule has 0 spiro atoms. The van der Waals surface area contributed by atoms with Crippen molar-refractivity contribution in [2.45, 2.75) is 32.3 Å². The van der Waals surface area contributed by atoms with Gasteiger partial charge in [-0.15, -0.1) is 0 Å². The monoisotopic (exact) mass is 375 g/mol. The summed E-state index contributed by atoms with van der Waals surface area (Å²) in [5.41, 5.74) is 2.21. The number of aryl methyl sites for hydroxylation is 1. The molecular weight excluding hydrogens is 350 g/mol. The van der Waals surface area contributed by atoms with Gasteiger partial charge in [0.15, 0.2) is 11.6 Å². The van der Waals surface area contributed by atoms with Crippen molar-refractivity contribution in [3.8, 4) is 5.75 Å². The highest BCUT2D eigenvalue weighted by Crippen LogP contribution is 2.32. The first-order chi connectivity index (χ1) is 13.8. The van der Waals surface area contributed by atoms with E-state index in [1.807, 2.05) is 18.3 Å². The van der Waals surface area contributed by atoms with E-state index in [0.29, 0.717) is 0 Å². The lowest BCUT2D eigenvalue weighted by Crippen LogP contribution is -2.27. The normalized spacial score (nSPS) is 19.5. The minimum absolute atomic E-state index is 0.139. The van der Waals surface area contributed by atoms with Gasteiger partial charge in [0, 0.05) is 37.6 Å². The van der Waals surface area contributed by atoms with Gasteiger partial charge in [0.2, 0.25) is 0 Å². The van der Waals surface area contributed by atoms with Crippen molar-refractivity contribution in [1.29, 1.82) is 0 Å². The second-order valence-corrected chi connectivity index (χ2v) is 7.66. The van der Waals surface area contributed by atoms with E-state index in [1.165, 1.54) is 18.4 Å². The summed E-state index contributed by atoms with van der Waals surface area (Å²) >= 11 is 0. The number of hydrogen-bond donors (Lipinski definition) is 0. The molecular formula is C22H25N5O. The largest absolute Gasteiger partial charge is 0.485 e. The summed E-state index contributed by atoms with van der Waals surface area (Å²) in [5.74, 6) is 2.90. The van der Waals surface area contributed by atoms with Crippen molar-refractivity contribution in [1.82, 2.24) is 15.0 Å². The zero-order chi connectivity index (χ0) is 18.9. The second kappa shape index (κ2) is 7.26. The van der Waals surface area contributed by atoms with E-state index >= 15 is 0 Å². The lowest BCUT2D eigenvalue weighted by Gasteiger charge is -2.23. The molecule has 4 heterocycles. The van der Waals surface area contributed by atoms with Gasteiger partial charge >= 0.3 is 0 Å². The highest BCUT2D eigenvalue weighted by atomic mass is 16.5. The number of anilines is 2. The first-order valence-corrected chi connectivity index (χ1v) is 10.1. The maximum absolute atomic E-state index is 6.42. The molecule has 2 saturated heterocycles. The topological polar surface area (TPSA) is 54.4 Å². The number of hydrogen-bond acceptors (Lipinski definition) is 6. The van der Waals surface area contributed by atoms with Crippen molar-refractivity contribution in [3.63, 3.8) is 0 Å². The molecule has 28 heavy (non-hydrogen) atoms. The number of ether oxygens (including phenoxy) is 1. The highest BCUT2D eigenvalue weighted by molar-refractivity contribution is 5.91. The fourth-order valence-electron chi connectivity index (χ4n) is 4.31. The van der Waals surface area contributed by atoms with Gasteiger partial charge in [0.05, 0.1) is 12.1 Å². The lowest BCUT2D eigenvalue weighted by molar-refractivity contribution is 0.224. The van der Waals surface area contributed by atoms with Gasteiger partial charge in [0.25, 0.3) is 0 Å². The van der Waals surface area contributed by atoms with Gasteiger partial charge in [-0.25, -0.2) is 15.0 Å². The van der Waals surface area contributed by atoms with Crippen LogP contribution in [0.25, 0.3) is 10.9 Å². The van der Waals surface area contributed by atoms with Crippen molar-refractivity contribution in [2.75, 3.05) is 36.0 Å². The Morgan fingerprint density at radius 3 is 2.71 bits per heavy atom. The molecule has 2 fully saturated rings. The number of fused-ring (bicyclic) bond motifs is 1. The van der Waals surface area contributed by atoms with E-state index < -0.39 is 0 Å². The molecule has 6 heteroatoms. The SMILES string of the molecule is Cc1cccc2c(N3CCC(Oc4cccnc4N4CCCC4)C3)ncnc12. The molecule has 6 nitrogen and oxygen atoms in total. The van der Waals surface area contributed by atoms with Crippen molar-refractivity contribution >= 4 is 22.5 Å². The molecule has 1 aromatic carbocycles. The second-order valence-electron chi connectivity index (χ2n) is 7.66. The zero-order valence-corrected chi connectivity index (χ0v) is 16.2. The Labute approximate surface area is 165 Å². The number of aromatic nitrogens is 3. The van der Waals surface area contributed by atoms with Crippen molar-refractivity contribution in [2.24, 2.45) is 0 Å². The molecule has 0 radical (unpaired) electrons. The summed E-state index contributed by atoms with van der Waals surface area (Å²) in [6.07, 6.45) is 7.11. The van der Waals surface area contributed by atoms with Crippen LogP contribution in [0.2, 0.25) is 0 Å². The van der Waals surface area contributed by atoms with E-state index in [4.69, 9.17) is 4.74 Å². The van der Waals surface area contributed by atoms with E-state index in [0.717, 1.165) is 60.9 Å². The molecule has 0 N–H and O–H groups in total. The highest BCUT2D eigenvalue weighted by Gasteiger charge is 2.28. The maximum Gasteiger partial charge on any atom is 0.171 e. The van der Waals surface area contributed by atoms with Crippen LogP contribution in [0.4, 0.5) is 11.6 Å². The first kappa shape index (κ1) is 17.2. The van der Waals surface area contributed by atoms with Gasteiger partial charge in [-0.05, 0) is 43.5 Å². The lowest BCUT2D eigenvalue weighted by atomic mass is 10.1. The molecule has 2 aliphatic heterocycles. The molecule has 1 atom stereocenters. The molecule has 2 aliphatic rings. The van der Waals surface area contributed by atoms with Crippen LogP contribution >= 0.6 is 0 Å². The Morgan fingerprint density at radius 2 is 1.82 bits per heavy atom. The summed E-state index contributed by atoms with van der Waals surface area (Å²) in [6, 6.07) is 10.3. The quantitative estimate of drug-likeness (QED) is 0.695. The van der Waals surface area contributed by atoms with Crippen LogP contribution in [0.1, 0.15) is 24.8 Å². The number of pyridine rings is 1. The summed E-state index contributed by atoms with van der Waals surface area (Å²) in [7, 11) is 0. The van der Waals surface area contributed by atoms with Crippen molar-refractivity contribution in [3.05, 3.63) is 48.4 Å². The maximum atomic E-state index is 6.42. The van der Waals surface area contributed by atoms with Crippen molar-refractivity contribution < 1.29 is 4.74 Å². The predicted octanol–water partition coefficient (Wildman–Crippen LogP) is 3.59. The van der Waals surface area contributed by atoms with Crippen LogP contribution in [0, 0.1) is 6.92 Å². The van der Waals surface area contributed by atoms with E-state index in [-0.39, 0.29) is 6.10 Å². The zero-order valence-electron chi connectivity index (χ0n) is 16.2. The summed E-state index contributed by atoms with van der Waals surface area (Å²) in [4.78, 5) is 18.3. The third-order valence-corrected chi connectivity index (χ3v) is 5.74. The average molecular weight is 375 g/mol. The van der Waals surface area contributed by atoms with Gasteiger partial charge in [-0.3, -0.25) is 0 Å². The van der Waals surface area contributed by atoms with Crippen LogP contribution in [0.5, 0.6) is 5.75 Å². The van der Waals surface area contributed by atoms with Gasteiger partial charge in [-0.2, -0.15) is 0 Å². The van der Waals surface area contributed by atoms with E-state index in [2.05, 4.69) is 49.9 Å². The van der Waals surface area contributed by atoms with Gasteiger partial charge in [0.1, 0.15) is 18.2 Å². The minimum atomic E-state index is 0.139. The average Bonchev–Trinajstić information content (AvgIpc) is 3.41. The Balaban J connectivity index is 1.36. The fourth-order valence-corrected chi connectivity index (χ4v) is 4.31. The first-order valence-electron chi connectivity index (χ1n) is 10.1. The van der Waals surface area contributed by atoms with Crippen LogP contribution in [-0.2, 0) is 0 Å². The van der Waals surface area contributed by atoms with Crippen LogP contribution < -0.4 is 14.5 Å². The van der Waals surface area contributed by atoms with Crippen LogP contribution in [0.3, 0.4) is 0 Å². The predicted molar refractivity (Wildman–Crippen MR) is 111 cm³/mol. The third-order valence-electron chi connectivity index (χ3n) is 5.74. The summed E-state index contributed by atoms with van der Waals surface area (Å²) in [6.45, 7) is 5.99. The molecule has 0 aliphatic carbocycles. The summed E-state index contributed by atoms with van der Waals surface area (Å²) < 4.78 is 6.42. The number of benzene rings is 1. The molecule has 0 bridgehead atoms. The minimum Gasteiger partial charge on any atom is -0.485 e. The Hall–Kier alpha value is -2.89. The fraction of sp³-hybridized carbons (Fsp3) is 0.409. The molecule has 144 valence electrons. The molecule has 0 amide bonds. The van der Waals surface area contributed by atoms with Crippen LogP contribution in [0.15, 0.2) is 42.9 Å². The van der Waals surface area contributed by atoms with Crippen LogP contribution in [-0.4, -0.2) is 47.2 Å². The third kappa shape index (κ3) is 3.13. The number of nitrogens with zero attached hydrogens (tertiary/aromatic N) is 5. The van der Waals surface area contributed by atoms with Gasteiger partial charge < -0.3 is 14.5 Å². The molecule has 2 aromatic heterocycles. The van der Waals surface area contributed by atoms with Gasteiger partial charge in [-0.1, -0.05) is 12.1 Å². The standard InChI is InChI=1S/C22H25N5O/c1-16-6-4-7-18-20(16)24-15-25-21(18)27-13-9-17(14-27)28-19-8-5-10-23-22(19)26-11-2-3-12-26/h4-8,10,15,17H,2-3,9,11-14H2,1H3.